The van der Waals surface area contributed by atoms with Gasteiger partial charge in [-0.2, -0.15) is 0 Å². The maximum Gasteiger partial charge on any atom is 0.195 e. The van der Waals surface area contributed by atoms with Crippen LogP contribution in [-0.2, 0) is 0 Å². The standard InChI is InChI=1S/C19H30N4O2.HI/c1-4-25-17-8-5-15(11-18(17)24-3)22-19(20-2)21-12-14-9-10-23(13-14)16-6-7-16;/h5,8,11,14,16H,4,6-7,9-10,12-13H2,1-3H3,(H2,20,21,22);1H. The third kappa shape index (κ3) is 5.64. The molecule has 7 heteroatoms. The van der Waals surface area contributed by atoms with Crippen molar-refractivity contribution in [2.75, 3.05) is 45.7 Å². The Hall–Kier alpha value is -1.22. The summed E-state index contributed by atoms with van der Waals surface area (Å²) in [4.78, 5) is 6.97. The maximum absolute atomic E-state index is 5.56. The molecule has 2 aliphatic rings. The molecule has 1 saturated carbocycles. The molecule has 3 rings (SSSR count). The number of benzene rings is 1. The van der Waals surface area contributed by atoms with Crippen molar-refractivity contribution in [2.45, 2.75) is 32.2 Å². The van der Waals surface area contributed by atoms with E-state index in [0.29, 0.717) is 12.5 Å². The molecule has 1 aromatic rings. The molecule has 2 N–H and O–H groups in total. The van der Waals surface area contributed by atoms with Gasteiger partial charge in [0, 0.05) is 37.9 Å². The van der Waals surface area contributed by atoms with Crippen LogP contribution in [0.25, 0.3) is 0 Å². The Bertz CT molecular complexity index is 607. The van der Waals surface area contributed by atoms with Gasteiger partial charge in [-0.15, -0.1) is 24.0 Å². The number of nitrogens with one attached hydrogen (secondary N) is 2. The van der Waals surface area contributed by atoms with Gasteiger partial charge in [0.25, 0.3) is 0 Å². The number of nitrogens with zero attached hydrogens (tertiary/aromatic N) is 2. The van der Waals surface area contributed by atoms with Gasteiger partial charge in [-0.3, -0.25) is 4.99 Å². The van der Waals surface area contributed by atoms with Crippen LogP contribution in [0.15, 0.2) is 23.2 Å². The Morgan fingerprint density at radius 2 is 2.08 bits per heavy atom. The van der Waals surface area contributed by atoms with E-state index >= 15 is 0 Å². The molecular formula is C19H31IN4O2. The highest BCUT2D eigenvalue weighted by Gasteiger charge is 2.34. The van der Waals surface area contributed by atoms with E-state index in [9.17, 15) is 0 Å². The number of rotatable bonds is 7. The molecule has 1 aliphatic carbocycles. The van der Waals surface area contributed by atoms with E-state index in [2.05, 4.69) is 20.5 Å². The van der Waals surface area contributed by atoms with Crippen molar-refractivity contribution in [3.8, 4) is 11.5 Å². The lowest BCUT2D eigenvalue weighted by molar-refractivity contribution is 0.311. The molecule has 0 spiro atoms. The van der Waals surface area contributed by atoms with Crippen LogP contribution >= 0.6 is 24.0 Å². The Morgan fingerprint density at radius 1 is 1.27 bits per heavy atom. The first-order valence-electron chi connectivity index (χ1n) is 9.26. The molecule has 1 atom stereocenters. The van der Waals surface area contributed by atoms with E-state index < -0.39 is 0 Å². The summed E-state index contributed by atoms with van der Waals surface area (Å²) in [5, 5.41) is 6.79. The van der Waals surface area contributed by atoms with Crippen LogP contribution in [0, 0.1) is 5.92 Å². The lowest BCUT2D eigenvalue weighted by Crippen LogP contribution is -2.35. The summed E-state index contributed by atoms with van der Waals surface area (Å²) in [6, 6.07) is 6.70. The predicted octanol–water partition coefficient (Wildman–Crippen LogP) is 3.18. The van der Waals surface area contributed by atoms with Crippen molar-refractivity contribution in [3.63, 3.8) is 0 Å². The van der Waals surface area contributed by atoms with Gasteiger partial charge in [-0.25, -0.2) is 0 Å². The molecular weight excluding hydrogens is 443 g/mol. The molecule has 0 radical (unpaired) electrons. The smallest absolute Gasteiger partial charge is 0.195 e. The zero-order valence-corrected chi connectivity index (χ0v) is 18.3. The van der Waals surface area contributed by atoms with Crippen molar-refractivity contribution >= 4 is 35.6 Å². The number of anilines is 1. The monoisotopic (exact) mass is 474 g/mol. The topological polar surface area (TPSA) is 58.1 Å². The van der Waals surface area contributed by atoms with Crippen molar-refractivity contribution in [2.24, 2.45) is 10.9 Å². The second kappa shape index (κ2) is 10.2. The summed E-state index contributed by atoms with van der Waals surface area (Å²) in [7, 11) is 3.45. The minimum absolute atomic E-state index is 0. The summed E-state index contributed by atoms with van der Waals surface area (Å²) in [5.41, 5.74) is 0.930. The lowest BCUT2D eigenvalue weighted by atomic mass is 10.1. The van der Waals surface area contributed by atoms with E-state index in [-0.39, 0.29) is 24.0 Å². The number of hydrogen-bond donors (Lipinski definition) is 2. The minimum atomic E-state index is 0. The molecule has 1 saturated heterocycles. The molecule has 6 nitrogen and oxygen atoms in total. The SMILES string of the molecule is CCOc1ccc(NC(=NC)NCC2CCN(C3CC3)C2)cc1OC.I. The Kier molecular flexibility index (Phi) is 8.27. The van der Waals surface area contributed by atoms with Gasteiger partial charge in [0.2, 0.25) is 0 Å². The van der Waals surface area contributed by atoms with Gasteiger partial charge in [-0.05, 0) is 50.8 Å². The summed E-state index contributed by atoms with van der Waals surface area (Å²) >= 11 is 0. The highest BCUT2D eigenvalue weighted by molar-refractivity contribution is 14.0. The molecule has 146 valence electrons. The fraction of sp³-hybridized carbons (Fsp3) is 0.632. The predicted molar refractivity (Wildman–Crippen MR) is 117 cm³/mol. The van der Waals surface area contributed by atoms with Gasteiger partial charge in [0.05, 0.1) is 13.7 Å². The highest BCUT2D eigenvalue weighted by atomic mass is 127. The largest absolute Gasteiger partial charge is 0.493 e. The molecule has 26 heavy (non-hydrogen) atoms. The molecule has 0 bridgehead atoms. The number of likely N-dealkylation sites (tertiary alicyclic amines) is 1. The molecule has 1 unspecified atom stereocenters. The van der Waals surface area contributed by atoms with Crippen LogP contribution < -0.4 is 20.1 Å². The van der Waals surface area contributed by atoms with Crippen molar-refractivity contribution in [1.82, 2.24) is 10.2 Å². The molecule has 1 heterocycles. The Balaban J connectivity index is 0.00000243. The summed E-state index contributed by atoms with van der Waals surface area (Å²) < 4.78 is 11.0. The molecule has 2 fully saturated rings. The lowest BCUT2D eigenvalue weighted by Gasteiger charge is -2.17. The zero-order valence-electron chi connectivity index (χ0n) is 16.0. The van der Waals surface area contributed by atoms with Crippen LogP contribution in [0.1, 0.15) is 26.2 Å². The third-order valence-electron chi connectivity index (χ3n) is 4.89. The van der Waals surface area contributed by atoms with Crippen LogP contribution in [0.5, 0.6) is 11.5 Å². The number of ether oxygens (including phenoxy) is 2. The van der Waals surface area contributed by atoms with Gasteiger partial charge < -0.3 is 25.0 Å². The summed E-state index contributed by atoms with van der Waals surface area (Å²) in [5.74, 6) is 2.97. The van der Waals surface area contributed by atoms with Gasteiger partial charge >= 0.3 is 0 Å². The average molecular weight is 474 g/mol. The molecule has 0 aromatic heterocycles. The summed E-state index contributed by atoms with van der Waals surface area (Å²) in [6.07, 6.45) is 4.06. The number of guanidine groups is 1. The van der Waals surface area contributed by atoms with Gasteiger partial charge in [0.1, 0.15) is 0 Å². The van der Waals surface area contributed by atoms with Crippen molar-refractivity contribution in [1.29, 1.82) is 0 Å². The van der Waals surface area contributed by atoms with Crippen LogP contribution in [0.2, 0.25) is 0 Å². The second-order valence-corrected chi connectivity index (χ2v) is 6.76. The normalized spacial score (nSPS) is 20.4. The summed E-state index contributed by atoms with van der Waals surface area (Å²) in [6.45, 7) is 6.00. The molecule has 1 aromatic carbocycles. The first kappa shape index (κ1) is 21.1. The number of methoxy groups -OCH3 is 1. The van der Waals surface area contributed by atoms with E-state index in [1.807, 2.05) is 25.1 Å². The quantitative estimate of drug-likeness (QED) is 0.361. The molecule has 1 aliphatic heterocycles. The second-order valence-electron chi connectivity index (χ2n) is 6.76. The van der Waals surface area contributed by atoms with E-state index in [1.54, 1.807) is 14.2 Å². The maximum atomic E-state index is 5.56. The zero-order chi connectivity index (χ0) is 17.6. The van der Waals surface area contributed by atoms with Crippen molar-refractivity contribution in [3.05, 3.63) is 18.2 Å². The fourth-order valence-electron chi connectivity index (χ4n) is 3.38. The van der Waals surface area contributed by atoms with Crippen LogP contribution in [0.4, 0.5) is 5.69 Å². The van der Waals surface area contributed by atoms with Crippen LogP contribution in [-0.4, -0.2) is 57.3 Å². The van der Waals surface area contributed by atoms with Crippen LogP contribution in [0.3, 0.4) is 0 Å². The number of aliphatic imine (C=N–C) groups is 1. The average Bonchev–Trinajstić information content (AvgIpc) is 3.38. The number of hydrogen-bond acceptors (Lipinski definition) is 4. The van der Waals surface area contributed by atoms with Gasteiger partial charge in [0.15, 0.2) is 17.5 Å². The van der Waals surface area contributed by atoms with Crippen molar-refractivity contribution < 1.29 is 9.47 Å². The first-order valence-corrected chi connectivity index (χ1v) is 9.26. The third-order valence-corrected chi connectivity index (χ3v) is 4.89. The minimum Gasteiger partial charge on any atom is -0.493 e. The first-order chi connectivity index (χ1) is 12.2. The van der Waals surface area contributed by atoms with E-state index in [1.165, 1.54) is 32.4 Å². The fourth-order valence-corrected chi connectivity index (χ4v) is 3.38. The highest BCUT2D eigenvalue weighted by Crippen LogP contribution is 2.32. The Labute approximate surface area is 173 Å². The van der Waals surface area contributed by atoms with E-state index in [4.69, 9.17) is 9.47 Å². The number of halogens is 1. The Morgan fingerprint density at radius 3 is 2.73 bits per heavy atom. The van der Waals surface area contributed by atoms with E-state index in [0.717, 1.165) is 35.7 Å². The van der Waals surface area contributed by atoms with Gasteiger partial charge in [-0.1, -0.05) is 0 Å². The molecule has 0 amide bonds.